The number of anilines is 2. The molecule has 185 valence electrons. The summed E-state index contributed by atoms with van der Waals surface area (Å²) in [6.07, 6.45) is 5.66. The van der Waals surface area contributed by atoms with E-state index in [-0.39, 0.29) is 56.1 Å². The van der Waals surface area contributed by atoms with Crippen molar-refractivity contribution >= 4 is 22.9 Å². The van der Waals surface area contributed by atoms with Gasteiger partial charge in [0.15, 0.2) is 17.0 Å². The Morgan fingerprint density at radius 2 is 1.75 bits per heavy atom. The van der Waals surface area contributed by atoms with Gasteiger partial charge in [-0.05, 0) is 50.3 Å². The average Bonchev–Trinajstić information content (AvgIpc) is 3.29. The minimum absolute atomic E-state index is 0. The van der Waals surface area contributed by atoms with E-state index in [2.05, 4.69) is 89.5 Å². The van der Waals surface area contributed by atoms with Crippen molar-refractivity contribution in [1.82, 2.24) is 19.5 Å². The van der Waals surface area contributed by atoms with Crippen LogP contribution in [-0.2, 0) is 6.54 Å². The molecule has 1 aliphatic carbocycles. The zero-order chi connectivity index (χ0) is 24.4. The summed E-state index contributed by atoms with van der Waals surface area (Å²) < 4.78 is 2.09. The van der Waals surface area contributed by atoms with Crippen LogP contribution in [0.5, 0.6) is 0 Å². The average molecular weight is 696 g/mol. The van der Waals surface area contributed by atoms with Crippen LogP contribution < -0.4 is 10.6 Å². The largest absolute Gasteiger partial charge is 0.675 e. The SMILES string of the molecule is Cc1cccc(-c2ccc(CNc3nc(NC4CCC([NH-])CC4)nc4c3ncn4C(C)C)cc2)c1.[Ac]. The molecule has 0 saturated heterocycles. The Balaban J connectivity index is 0.00000304. The van der Waals surface area contributed by atoms with Crippen LogP contribution in [0.3, 0.4) is 0 Å². The molecule has 5 rings (SSSR count). The van der Waals surface area contributed by atoms with Gasteiger partial charge in [0.1, 0.15) is 0 Å². The molecule has 1 saturated carbocycles. The van der Waals surface area contributed by atoms with Gasteiger partial charge in [-0.1, -0.05) is 66.9 Å². The molecule has 0 spiro atoms. The van der Waals surface area contributed by atoms with Gasteiger partial charge in [-0.2, -0.15) is 9.97 Å². The van der Waals surface area contributed by atoms with Gasteiger partial charge < -0.3 is 20.9 Å². The van der Waals surface area contributed by atoms with E-state index < -0.39 is 0 Å². The molecule has 0 aliphatic heterocycles. The van der Waals surface area contributed by atoms with Gasteiger partial charge in [-0.3, -0.25) is 0 Å². The van der Waals surface area contributed by atoms with E-state index in [1.165, 1.54) is 22.3 Å². The van der Waals surface area contributed by atoms with E-state index in [0.29, 0.717) is 18.5 Å². The molecule has 2 heterocycles. The summed E-state index contributed by atoms with van der Waals surface area (Å²) >= 11 is 0. The van der Waals surface area contributed by atoms with Gasteiger partial charge in [-0.25, -0.2) is 4.98 Å². The molecule has 4 aromatic rings. The predicted octanol–water partition coefficient (Wildman–Crippen LogP) is 6.77. The summed E-state index contributed by atoms with van der Waals surface area (Å²) in [4.78, 5) is 14.3. The number of aromatic nitrogens is 4. The smallest absolute Gasteiger partial charge is 0.227 e. The van der Waals surface area contributed by atoms with Crippen molar-refractivity contribution in [3.05, 3.63) is 71.7 Å². The zero-order valence-electron chi connectivity index (χ0n) is 21.3. The summed E-state index contributed by atoms with van der Waals surface area (Å²) in [5, 5.41) is 7.04. The first-order valence-electron chi connectivity index (χ1n) is 12.6. The van der Waals surface area contributed by atoms with Gasteiger partial charge in [0, 0.05) is 62.7 Å². The van der Waals surface area contributed by atoms with Crippen LogP contribution in [-0.4, -0.2) is 31.6 Å². The Kier molecular flexibility index (Phi) is 9.03. The standard InChI is InChI=1S/C28H34N7.Ac/c1-18(2)35-17-31-25-26(33-28(34-27(25)35)32-24-13-11-23(29)12-14-24)30-16-20-7-9-21(10-8-20)22-6-4-5-19(3)15-22;/h4-10,15,17-18,23-24,29H,11-14,16H2,1-3H3,(H2,30,32,33,34);/q-1;. The molecular formula is C28H34AcN7-. The third-order valence-corrected chi connectivity index (χ3v) is 6.80. The number of rotatable bonds is 7. The van der Waals surface area contributed by atoms with Crippen molar-refractivity contribution in [1.29, 1.82) is 0 Å². The van der Waals surface area contributed by atoms with Crippen molar-refractivity contribution in [2.45, 2.75) is 71.1 Å². The molecule has 0 bridgehead atoms. The van der Waals surface area contributed by atoms with Crippen LogP contribution >= 0.6 is 0 Å². The maximum atomic E-state index is 7.97. The third kappa shape index (κ3) is 6.27. The molecule has 2 aromatic heterocycles. The molecule has 1 radical (unpaired) electrons. The predicted molar refractivity (Wildman–Crippen MR) is 144 cm³/mol. The molecule has 7 nitrogen and oxygen atoms in total. The van der Waals surface area contributed by atoms with Crippen LogP contribution in [0.1, 0.15) is 56.7 Å². The fraction of sp³-hybridized carbons (Fsp3) is 0.393. The first-order chi connectivity index (χ1) is 17.0. The second kappa shape index (κ2) is 12.0. The summed E-state index contributed by atoms with van der Waals surface area (Å²) in [5.74, 6) is 1.37. The summed E-state index contributed by atoms with van der Waals surface area (Å²) in [7, 11) is 0. The van der Waals surface area contributed by atoms with Gasteiger partial charge in [0.05, 0.1) is 6.33 Å². The first kappa shape index (κ1) is 27.0. The van der Waals surface area contributed by atoms with Gasteiger partial charge in [-0.15, -0.1) is 6.04 Å². The molecule has 0 atom stereocenters. The van der Waals surface area contributed by atoms with Crippen molar-refractivity contribution in [2.75, 3.05) is 10.6 Å². The molecule has 2 aromatic carbocycles. The number of nitrogens with one attached hydrogen (secondary N) is 3. The molecule has 36 heavy (non-hydrogen) atoms. The van der Waals surface area contributed by atoms with Crippen LogP contribution in [0.4, 0.5) is 11.8 Å². The summed E-state index contributed by atoms with van der Waals surface area (Å²) in [6.45, 7) is 7.04. The van der Waals surface area contributed by atoms with E-state index in [1.54, 1.807) is 0 Å². The van der Waals surface area contributed by atoms with Crippen LogP contribution in [0.15, 0.2) is 54.9 Å². The van der Waals surface area contributed by atoms with E-state index in [4.69, 9.17) is 15.7 Å². The Labute approximate surface area is 249 Å². The zero-order valence-corrected chi connectivity index (χ0v) is 26.1. The number of aryl methyl sites for hydroxylation is 1. The monoisotopic (exact) mass is 695 g/mol. The molecule has 1 aliphatic rings. The minimum atomic E-state index is 0. The Morgan fingerprint density at radius 3 is 2.44 bits per heavy atom. The van der Waals surface area contributed by atoms with Gasteiger partial charge in [0.2, 0.25) is 5.95 Å². The van der Waals surface area contributed by atoms with Crippen molar-refractivity contribution < 1.29 is 44.1 Å². The van der Waals surface area contributed by atoms with E-state index >= 15 is 0 Å². The second-order valence-electron chi connectivity index (χ2n) is 9.93. The van der Waals surface area contributed by atoms with Crippen molar-refractivity contribution in [3.8, 4) is 11.1 Å². The van der Waals surface area contributed by atoms with E-state index in [0.717, 1.165) is 42.7 Å². The number of nitrogens with zero attached hydrogens (tertiary/aromatic N) is 4. The maximum Gasteiger partial charge on any atom is 0.227 e. The third-order valence-electron chi connectivity index (χ3n) is 6.80. The molecule has 1 fully saturated rings. The van der Waals surface area contributed by atoms with Crippen LogP contribution in [0.25, 0.3) is 28.0 Å². The van der Waals surface area contributed by atoms with Gasteiger partial charge >= 0.3 is 0 Å². The van der Waals surface area contributed by atoms with Crippen molar-refractivity contribution in [2.24, 2.45) is 0 Å². The van der Waals surface area contributed by atoms with Crippen LogP contribution in [0, 0.1) is 51.0 Å². The Morgan fingerprint density at radius 1 is 1.00 bits per heavy atom. The normalized spacial score (nSPS) is 17.7. The van der Waals surface area contributed by atoms with Crippen molar-refractivity contribution in [3.63, 3.8) is 0 Å². The van der Waals surface area contributed by atoms with Gasteiger partial charge in [0.25, 0.3) is 0 Å². The number of fused-ring (bicyclic) bond motifs is 1. The molecular weight excluding hydrogens is 661 g/mol. The topological polar surface area (TPSA) is 91.5 Å². The van der Waals surface area contributed by atoms with Crippen LogP contribution in [0.2, 0.25) is 0 Å². The fourth-order valence-corrected chi connectivity index (χ4v) is 4.73. The van der Waals surface area contributed by atoms with E-state index in [9.17, 15) is 0 Å². The molecule has 8 heteroatoms. The number of benzene rings is 2. The van der Waals surface area contributed by atoms with E-state index in [1.807, 2.05) is 6.33 Å². The molecule has 3 N–H and O–H groups in total. The summed E-state index contributed by atoms with van der Waals surface area (Å²) in [6, 6.07) is 17.9. The quantitative estimate of drug-likeness (QED) is 0.223. The number of hydrogen-bond acceptors (Lipinski definition) is 5. The second-order valence-corrected chi connectivity index (χ2v) is 9.93. The Bertz CT molecular complexity index is 1290. The number of imidazole rings is 1. The maximum absolute atomic E-state index is 7.97. The first-order valence-corrected chi connectivity index (χ1v) is 12.6. The molecule has 0 unspecified atom stereocenters. The Hall–Kier alpha value is -2.01. The number of hydrogen-bond donors (Lipinski definition) is 2. The fourth-order valence-electron chi connectivity index (χ4n) is 4.73. The molecule has 0 amide bonds. The minimum Gasteiger partial charge on any atom is -0.675 e. The summed E-state index contributed by atoms with van der Waals surface area (Å²) in [5.41, 5.74) is 14.5.